The second-order valence-corrected chi connectivity index (χ2v) is 6.36. The maximum Gasteiger partial charge on any atom is 0.134 e. The van der Waals surface area contributed by atoms with Crippen LogP contribution in [0.2, 0.25) is 0 Å². The van der Waals surface area contributed by atoms with Crippen LogP contribution in [0.1, 0.15) is 12.1 Å². The van der Waals surface area contributed by atoms with Crippen molar-refractivity contribution in [2.24, 2.45) is 0 Å². The van der Waals surface area contributed by atoms with Gasteiger partial charge in [0, 0.05) is 38.5 Å². The molecule has 2 atom stereocenters. The number of methoxy groups -OCH3 is 1. The molecule has 130 valence electrons. The van der Waals surface area contributed by atoms with E-state index in [0.717, 1.165) is 36.8 Å². The van der Waals surface area contributed by atoms with Gasteiger partial charge in [0.15, 0.2) is 0 Å². The van der Waals surface area contributed by atoms with Crippen molar-refractivity contribution in [3.8, 4) is 0 Å². The van der Waals surface area contributed by atoms with E-state index in [0.29, 0.717) is 12.6 Å². The highest BCUT2D eigenvalue weighted by Crippen LogP contribution is 2.27. The maximum absolute atomic E-state index is 5.57. The molecule has 0 unspecified atom stereocenters. The smallest absolute Gasteiger partial charge is 0.134 e. The van der Waals surface area contributed by atoms with Gasteiger partial charge in [-0.25, -0.2) is 9.97 Å². The number of nitrogens with one attached hydrogen (secondary N) is 2. The largest absolute Gasteiger partial charge is 0.380 e. The summed E-state index contributed by atoms with van der Waals surface area (Å²) in [5.74, 6) is 1.74. The van der Waals surface area contributed by atoms with Crippen molar-refractivity contribution in [3.63, 3.8) is 0 Å². The number of hydrogen-bond acceptors (Lipinski definition) is 7. The van der Waals surface area contributed by atoms with E-state index in [1.807, 2.05) is 12.1 Å². The summed E-state index contributed by atoms with van der Waals surface area (Å²) in [7, 11) is 5.96. The Labute approximate surface area is 142 Å². The molecule has 3 heterocycles. The lowest BCUT2D eigenvalue weighted by atomic mass is 10.2. The van der Waals surface area contributed by atoms with E-state index in [4.69, 9.17) is 4.74 Å². The van der Waals surface area contributed by atoms with Crippen molar-refractivity contribution in [1.82, 2.24) is 25.1 Å². The zero-order chi connectivity index (χ0) is 16.9. The fraction of sp³-hybridized carbons (Fsp3) is 0.562. The molecule has 8 heteroatoms. The molecule has 8 nitrogen and oxygen atoms in total. The molecular formula is C16H25N7O. The summed E-state index contributed by atoms with van der Waals surface area (Å²) in [5, 5.41) is 10.2. The van der Waals surface area contributed by atoms with Crippen LogP contribution in [-0.2, 0) is 11.3 Å². The normalized spacial score (nSPS) is 20.8. The van der Waals surface area contributed by atoms with Crippen molar-refractivity contribution >= 4 is 11.6 Å². The SMILES string of the molecule is CO[C@H]1C[C@@H](CN(C)C)N(c2cc(NCc3ccn[nH]3)ncn2)C1. The van der Waals surface area contributed by atoms with Crippen molar-refractivity contribution < 1.29 is 4.74 Å². The van der Waals surface area contributed by atoms with Crippen LogP contribution in [-0.4, -0.2) is 71.5 Å². The van der Waals surface area contributed by atoms with E-state index < -0.39 is 0 Å². The Morgan fingerprint density at radius 2 is 2.29 bits per heavy atom. The molecule has 1 aliphatic heterocycles. The number of hydrogen-bond donors (Lipinski definition) is 2. The monoisotopic (exact) mass is 331 g/mol. The van der Waals surface area contributed by atoms with Crippen LogP contribution in [0.25, 0.3) is 0 Å². The highest BCUT2D eigenvalue weighted by Gasteiger charge is 2.33. The van der Waals surface area contributed by atoms with E-state index >= 15 is 0 Å². The average molecular weight is 331 g/mol. The summed E-state index contributed by atoms with van der Waals surface area (Å²) in [6, 6.07) is 4.32. The molecule has 1 saturated heterocycles. The highest BCUT2D eigenvalue weighted by molar-refractivity contribution is 5.50. The molecular weight excluding hydrogens is 306 g/mol. The van der Waals surface area contributed by atoms with Gasteiger partial charge < -0.3 is 19.9 Å². The van der Waals surface area contributed by atoms with Crippen molar-refractivity contribution in [2.45, 2.75) is 25.1 Å². The van der Waals surface area contributed by atoms with Crippen LogP contribution in [0.5, 0.6) is 0 Å². The number of H-pyrrole nitrogens is 1. The Balaban J connectivity index is 1.71. The van der Waals surface area contributed by atoms with Crippen LogP contribution in [0.15, 0.2) is 24.7 Å². The van der Waals surface area contributed by atoms with Gasteiger partial charge in [0.05, 0.1) is 18.3 Å². The number of ether oxygens (including phenoxy) is 1. The lowest BCUT2D eigenvalue weighted by molar-refractivity contribution is 0.117. The zero-order valence-electron chi connectivity index (χ0n) is 14.4. The van der Waals surface area contributed by atoms with Crippen molar-refractivity contribution in [2.75, 3.05) is 44.5 Å². The third-order valence-corrected chi connectivity index (χ3v) is 4.25. The second-order valence-electron chi connectivity index (χ2n) is 6.36. The predicted molar refractivity (Wildman–Crippen MR) is 93.0 cm³/mol. The summed E-state index contributed by atoms with van der Waals surface area (Å²) in [5.41, 5.74) is 1.02. The van der Waals surface area contributed by atoms with Crippen molar-refractivity contribution in [1.29, 1.82) is 0 Å². The summed E-state index contributed by atoms with van der Waals surface area (Å²) in [6.45, 7) is 2.48. The minimum atomic E-state index is 0.242. The van der Waals surface area contributed by atoms with Crippen molar-refractivity contribution in [3.05, 3.63) is 30.4 Å². The fourth-order valence-electron chi connectivity index (χ4n) is 3.09. The van der Waals surface area contributed by atoms with Crippen LogP contribution in [0.3, 0.4) is 0 Å². The van der Waals surface area contributed by atoms with Gasteiger partial charge in [0.1, 0.15) is 18.0 Å². The first-order valence-corrected chi connectivity index (χ1v) is 8.14. The van der Waals surface area contributed by atoms with Gasteiger partial charge in [-0.05, 0) is 26.6 Å². The average Bonchev–Trinajstić information content (AvgIpc) is 3.22. The molecule has 24 heavy (non-hydrogen) atoms. The van der Waals surface area contributed by atoms with Crippen LogP contribution in [0, 0.1) is 0 Å². The van der Waals surface area contributed by atoms with Gasteiger partial charge in [-0.15, -0.1) is 0 Å². The molecule has 0 amide bonds. The molecule has 0 spiro atoms. The number of aromatic nitrogens is 4. The second kappa shape index (κ2) is 7.59. The number of anilines is 2. The van der Waals surface area contributed by atoms with Crippen LogP contribution in [0.4, 0.5) is 11.6 Å². The van der Waals surface area contributed by atoms with Gasteiger partial charge in [-0.1, -0.05) is 0 Å². The topological polar surface area (TPSA) is 82.2 Å². The Bertz CT molecular complexity index is 631. The Morgan fingerprint density at radius 1 is 1.42 bits per heavy atom. The number of likely N-dealkylation sites (N-methyl/N-ethyl adjacent to an activating group) is 1. The first-order valence-electron chi connectivity index (χ1n) is 8.14. The number of aromatic amines is 1. The first-order chi connectivity index (χ1) is 11.7. The van der Waals surface area contributed by atoms with Gasteiger partial charge in [-0.3, -0.25) is 5.10 Å². The summed E-state index contributed by atoms with van der Waals surface area (Å²) >= 11 is 0. The standard InChI is InChI=1S/C16H25N7O/c1-22(2)9-13-6-14(24-3)10-23(13)16-7-15(18-11-19-16)17-8-12-4-5-20-21-12/h4-5,7,11,13-14H,6,8-10H2,1-3H3,(H,20,21)(H,17,18,19)/t13-,14-/m0/s1. The highest BCUT2D eigenvalue weighted by atomic mass is 16.5. The zero-order valence-corrected chi connectivity index (χ0v) is 14.4. The lowest BCUT2D eigenvalue weighted by Gasteiger charge is -2.27. The Hall–Kier alpha value is -2.19. The third-order valence-electron chi connectivity index (χ3n) is 4.25. The Morgan fingerprint density at radius 3 is 3.00 bits per heavy atom. The van der Waals surface area contributed by atoms with Gasteiger partial charge in [-0.2, -0.15) is 5.10 Å². The third kappa shape index (κ3) is 4.01. The van der Waals surface area contributed by atoms with Gasteiger partial charge in [0.2, 0.25) is 0 Å². The summed E-state index contributed by atoms with van der Waals surface area (Å²) in [4.78, 5) is 13.3. The van der Waals surface area contributed by atoms with E-state index in [1.54, 1.807) is 19.6 Å². The molecule has 0 saturated carbocycles. The van der Waals surface area contributed by atoms with Crippen LogP contribution >= 0.6 is 0 Å². The maximum atomic E-state index is 5.57. The molecule has 0 aromatic carbocycles. The minimum absolute atomic E-state index is 0.242. The minimum Gasteiger partial charge on any atom is -0.380 e. The van der Waals surface area contributed by atoms with E-state index in [9.17, 15) is 0 Å². The molecule has 0 bridgehead atoms. The predicted octanol–water partition coefficient (Wildman–Crippen LogP) is 0.967. The van der Waals surface area contributed by atoms with E-state index in [2.05, 4.69) is 49.4 Å². The molecule has 1 aliphatic rings. The summed E-state index contributed by atoms with van der Waals surface area (Å²) < 4.78 is 5.57. The van der Waals surface area contributed by atoms with Gasteiger partial charge in [0.25, 0.3) is 0 Å². The quantitative estimate of drug-likeness (QED) is 0.782. The fourth-order valence-corrected chi connectivity index (χ4v) is 3.09. The molecule has 2 aromatic rings. The first kappa shape index (κ1) is 16.7. The molecule has 1 fully saturated rings. The summed E-state index contributed by atoms with van der Waals surface area (Å²) in [6.07, 6.45) is 4.60. The van der Waals surface area contributed by atoms with Gasteiger partial charge >= 0.3 is 0 Å². The molecule has 0 radical (unpaired) electrons. The molecule has 2 N–H and O–H groups in total. The van der Waals surface area contributed by atoms with E-state index in [1.165, 1.54) is 0 Å². The lowest BCUT2D eigenvalue weighted by Crippen LogP contribution is -2.38. The molecule has 0 aliphatic carbocycles. The molecule has 3 rings (SSSR count). The van der Waals surface area contributed by atoms with E-state index in [-0.39, 0.29) is 6.10 Å². The molecule has 2 aromatic heterocycles. The number of rotatable bonds is 7. The Kier molecular flexibility index (Phi) is 5.27. The van der Waals surface area contributed by atoms with Crippen LogP contribution < -0.4 is 10.2 Å². The number of nitrogens with zero attached hydrogens (tertiary/aromatic N) is 5.